The first kappa shape index (κ1) is 11.5. The van der Waals surface area contributed by atoms with Crippen LogP contribution in [-0.4, -0.2) is 6.29 Å². The molecular formula is C14H10F2O. The summed E-state index contributed by atoms with van der Waals surface area (Å²) in [6, 6.07) is 8.51. The zero-order valence-electron chi connectivity index (χ0n) is 9.21. The van der Waals surface area contributed by atoms with E-state index in [1.54, 1.807) is 19.1 Å². The van der Waals surface area contributed by atoms with Crippen molar-refractivity contribution in [3.05, 3.63) is 59.2 Å². The Morgan fingerprint density at radius 2 is 1.82 bits per heavy atom. The largest absolute Gasteiger partial charge is 0.298 e. The van der Waals surface area contributed by atoms with E-state index in [1.807, 2.05) is 0 Å². The first-order chi connectivity index (χ1) is 8.13. The lowest BCUT2D eigenvalue weighted by atomic mass is 9.96. The molecule has 0 fully saturated rings. The monoisotopic (exact) mass is 232 g/mol. The zero-order chi connectivity index (χ0) is 12.4. The maximum Gasteiger partial charge on any atom is 0.150 e. The predicted molar refractivity (Wildman–Crippen MR) is 61.9 cm³/mol. The Labute approximate surface area is 97.7 Å². The van der Waals surface area contributed by atoms with Crippen molar-refractivity contribution < 1.29 is 13.6 Å². The van der Waals surface area contributed by atoms with Crippen LogP contribution in [0.25, 0.3) is 11.1 Å². The van der Waals surface area contributed by atoms with Gasteiger partial charge in [-0.25, -0.2) is 8.78 Å². The maximum atomic E-state index is 13.4. The van der Waals surface area contributed by atoms with E-state index in [0.29, 0.717) is 23.0 Å². The minimum atomic E-state index is -0.482. The van der Waals surface area contributed by atoms with Crippen LogP contribution in [-0.2, 0) is 0 Å². The summed E-state index contributed by atoms with van der Waals surface area (Å²) in [6.07, 6.45) is 0.572. The van der Waals surface area contributed by atoms with Gasteiger partial charge < -0.3 is 0 Å². The third-order valence-corrected chi connectivity index (χ3v) is 2.70. The van der Waals surface area contributed by atoms with E-state index in [-0.39, 0.29) is 11.4 Å². The first-order valence-corrected chi connectivity index (χ1v) is 5.13. The fourth-order valence-corrected chi connectivity index (χ4v) is 1.78. The average Bonchev–Trinajstić information content (AvgIpc) is 2.33. The number of carbonyl (C=O) groups excluding carboxylic acids is 1. The molecule has 0 bridgehead atoms. The summed E-state index contributed by atoms with van der Waals surface area (Å²) < 4.78 is 26.4. The van der Waals surface area contributed by atoms with Gasteiger partial charge in [0.2, 0.25) is 0 Å². The highest BCUT2D eigenvalue weighted by Gasteiger charge is 2.10. The van der Waals surface area contributed by atoms with Crippen LogP contribution in [0, 0.1) is 18.6 Å². The van der Waals surface area contributed by atoms with E-state index in [0.717, 1.165) is 6.07 Å². The van der Waals surface area contributed by atoms with E-state index in [2.05, 4.69) is 0 Å². The molecule has 0 unspecified atom stereocenters. The lowest BCUT2D eigenvalue weighted by Gasteiger charge is -2.09. The topological polar surface area (TPSA) is 17.1 Å². The Morgan fingerprint density at radius 1 is 1.06 bits per heavy atom. The molecule has 0 amide bonds. The zero-order valence-corrected chi connectivity index (χ0v) is 9.21. The van der Waals surface area contributed by atoms with Gasteiger partial charge >= 0.3 is 0 Å². The molecule has 0 aromatic heterocycles. The quantitative estimate of drug-likeness (QED) is 0.720. The van der Waals surface area contributed by atoms with Gasteiger partial charge in [0.15, 0.2) is 6.29 Å². The number of hydrogen-bond donors (Lipinski definition) is 0. The number of aldehydes is 1. The first-order valence-electron chi connectivity index (χ1n) is 5.13. The molecule has 0 aliphatic rings. The smallest absolute Gasteiger partial charge is 0.150 e. The molecule has 0 aliphatic carbocycles. The summed E-state index contributed by atoms with van der Waals surface area (Å²) in [5.74, 6) is -0.825. The third kappa shape index (κ3) is 2.09. The van der Waals surface area contributed by atoms with Crippen molar-refractivity contribution in [2.24, 2.45) is 0 Å². The van der Waals surface area contributed by atoms with E-state index in [4.69, 9.17) is 0 Å². The molecule has 0 radical (unpaired) electrons. The predicted octanol–water partition coefficient (Wildman–Crippen LogP) is 3.75. The van der Waals surface area contributed by atoms with Gasteiger partial charge in [-0.1, -0.05) is 18.2 Å². The van der Waals surface area contributed by atoms with Gasteiger partial charge in [0.1, 0.15) is 11.6 Å². The minimum absolute atomic E-state index is 0.221. The van der Waals surface area contributed by atoms with E-state index >= 15 is 0 Å². The number of hydrogen-bond acceptors (Lipinski definition) is 1. The summed E-state index contributed by atoms with van der Waals surface area (Å²) in [7, 11) is 0. The molecule has 17 heavy (non-hydrogen) atoms. The van der Waals surface area contributed by atoms with Crippen LogP contribution in [0.5, 0.6) is 0 Å². The van der Waals surface area contributed by atoms with Crippen molar-refractivity contribution in [3.63, 3.8) is 0 Å². The van der Waals surface area contributed by atoms with E-state index in [1.165, 1.54) is 18.2 Å². The number of benzene rings is 2. The molecule has 3 heteroatoms. The van der Waals surface area contributed by atoms with Gasteiger partial charge in [-0.3, -0.25) is 4.79 Å². The van der Waals surface area contributed by atoms with Gasteiger partial charge in [-0.2, -0.15) is 0 Å². The summed E-state index contributed by atoms with van der Waals surface area (Å²) in [6.45, 7) is 1.63. The molecule has 2 aromatic rings. The maximum absolute atomic E-state index is 13.4. The molecule has 0 saturated carbocycles. The summed E-state index contributed by atoms with van der Waals surface area (Å²) >= 11 is 0. The van der Waals surface area contributed by atoms with Crippen LogP contribution in [0.3, 0.4) is 0 Å². The van der Waals surface area contributed by atoms with Gasteiger partial charge in [0, 0.05) is 5.56 Å². The Hall–Kier alpha value is -2.03. The number of rotatable bonds is 2. The summed E-state index contributed by atoms with van der Waals surface area (Å²) in [5, 5.41) is 0. The van der Waals surface area contributed by atoms with E-state index in [9.17, 15) is 13.6 Å². The van der Waals surface area contributed by atoms with Gasteiger partial charge in [0.05, 0.1) is 0 Å². The average molecular weight is 232 g/mol. The van der Waals surface area contributed by atoms with Crippen LogP contribution >= 0.6 is 0 Å². The van der Waals surface area contributed by atoms with Gasteiger partial charge in [-0.05, 0) is 41.8 Å². The number of halogens is 2. The van der Waals surface area contributed by atoms with Crippen molar-refractivity contribution in [3.8, 4) is 11.1 Å². The van der Waals surface area contributed by atoms with Crippen molar-refractivity contribution in [1.82, 2.24) is 0 Å². The van der Waals surface area contributed by atoms with Crippen LogP contribution < -0.4 is 0 Å². The second kappa shape index (κ2) is 4.45. The van der Waals surface area contributed by atoms with Crippen molar-refractivity contribution in [2.75, 3.05) is 0 Å². The highest BCUT2D eigenvalue weighted by Crippen LogP contribution is 2.27. The fourth-order valence-electron chi connectivity index (χ4n) is 1.78. The van der Waals surface area contributed by atoms with Crippen molar-refractivity contribution >= 4 is 6.29 Å². The highest BCUT2D eigenvalue weighted by molar-refractivity contribution is 5.88. The Balaban J connectivity index is 2.68. The van der Waals surface area contributed by atoms with Crippen LogP contribution in [0.1, 0.15) is 15.9 Å². The molecule has 1 nitrogen and oxygen atoms in total. The highest BCUT2D eigenvalue weighted by atomic mass is 19.1. The molecule has 0 N–H and O–H groups in total. The van der Waals surface area contributed by atoms with E-state index < -0.39 is 5.82 Å². The van der Waals surface area contributed by atoms with Crippen molar-refractivity contribution in [1.29, 1.82) is 0 Å². The second-order valence-electron chi connectivity index (χ2n) is 3.76. The molecular weight excluding hydrogens is 222 g/mol. The SMILES string of the molecule is Cc1c(F)cccc1-c1ccc(F)cc1C=O. The molecule has 2 rings (SSSR count). The van der Waals surface area contributed by atoms with Crippen LogP contribution in [0.2, 0.25) is 0 Å². The molecule has 86 valence electrons. The molecule has 0 aliphatic heterocycles. The fraction of sp³-hybridized carbons (Fsp3) is 0.0714. The Morgan fingerprint density at radius 3 is 2.53 bits per heavy atom. The number of carbonyl (C=O) groups is 1. The minimum Gasteiger partial charge on any atom is -0.298 e. The Kier molecular flexibility index (Phi) is 3.00. The van der Waals surface area contributed by atoms with Crippen LogP contribution in [0.4, 0.5) is 8.78 Å². The summed E-state index contributed by atoms with van der Waals surface area (Å²) in [5.41, 5.74) is 1.81. The third-order valence-electron chi connectivity index (χ3n) is 2.70. The molecule has 0 saturated heterocycles. The normalized spacial score (nSPS) is 10.3. The van der Waals surface area contributed by atoms with Gasteiger partial charge in [-0.15, -0.1) is 0 Å². The summed E-state index contributed by atoms with van der Waals surface area (Å²) in [4.78, 5) is 10.9. The Bertz CT molecular complexity index is 576. The van der Waals surface area contributed by atoms with Crippen LogP contribution in [0.15, 0.2) is 36.4 Å². The van der Waals surface area contributed by atoms with Gasteiger partial charge in [0.25, 0.3) is 0 Å². The van der Waals surface area contributed by atoms with Crippen molar-refractivity contribution in [2.45, 2.75) is 6.92 Å². The second-order valence-corrected chi connectivity index (χ2v) is 3.76. The molecule has 2 aromatic carbocycles. The lowest BCUT2D eigenvalue weighted by molar-refractivity contribution is 0.112. The lowest BCUT2D eigenvalue weighted by Crippen LogP contribution is -1.93. The molecule has 0 heterocycles. The molecule has 0 spiro atoms. The standard InChI is InChI=1S/C14H10F2O/c1-9-12(3-2-4-14(9)16)13-6-5-11(15)7-10(13)8-17/h2-8H,1H3. The molecule has 0 atom stereocenters.